The minimum atomic E-state index is 0. The number of thiocarbonyl (C=S) groups is 3. The summed E-state index contributed by atoms with van der Waals surface area (Å²) in [4.78, 5) is 6.41. The number of nitrogens with zero attached hydrogens (tertiary/aromatic N) is 3. The number of unbranched alkanes of at least 4 members (excludes halogenated alkanes) is 6. The molecule has 221 valence electrons. The van der Waals surface area contributed by atoms with Gasteiger partial charge in [0.1, 0.15) is 0 Å². The van der Waals surface area contributed by atoms with Crippen molar-refractivity contribution in [3.05, 3.63) is 0 Å². The summed E-state index contributed by atoms with van der Waals surface area (Å²) in [6.45, 7) is 19.4. The monoisotopic (exact) mass is 668 g/mol. The van der Waals surface area contributed by atoms with E-state index in [1.807, 2.05) is 0 Å². The van der Waals surface area contributed by atoms with Crippen molar-refractivity contribution in [2.24, 2.45) is 0 Å². The third-order valence-electron chi connectivity index (χ3n) is 5.46. The van der Waals surface area contributed by atoms with Crippen LogP contribution in [0.3, 0.4) is 0 Å². The molecular weight excluding hydrogens is 615 g/mol. The molecule has 0 saturated heterocycles. The van der Waals surface area contributed by atoms with E-state index in [2.05, 4.69) is 56.2 Å². The average molecular weight is 669 g/mol. The van der Waals surface area contributed by atoms with Crippen LogP contribution in [0.25, 0.3) is 0 Å². The van der Waals surface area contributed by atoms with E-state index in [-0.39, 0.29) is 17.1 Å². The van der Waals surface area contributed by atoms with Gasteiger partial charge in [0.2, 0.25) is 0 Å². The number of rotatable bonds is 18. The first kappa shape index (κ1) is 44.9. The maximum atomic E-state index is 4.98. The Balaban J connectivity index is -0.000000218. The molecule has 0 atom stereocenters. The van der Waals surface area contributed by atoms with Gasteiger partial charge in [-0.25, -0.2) is 0 Å². The van der Waals surface area contributed by atoms with E-state index in [1.54, 1.807) is 0 Å². The maximum Gasteiger partial charge on any atom is 3.00 e. The van der Waals surface area contributed by atoms with Gasteiger partial charge >= 0.3 is 17.1 Å². The molecular formula is C27H54FeN3S6. The summed E-state index contributed by atoms with van der Waals surface area (Å²) in [6, 6.07) is 0. The minimum absolute atomic E-state index is 0. The zero-order valence-corrected chi connectivity index (χ0v) is 30.4. The molecule has 0 amide bonds. The van der Waals surface area contributed by atoms with E-state index in [4.69, 9.17) is 74.5 Å². The Morgan fingerprint density at radius 1 is 0.405 bits per heavy atom. The second-order valence-corrected chi connectivity index (χ2v) is 12.0. The van der Waals surface area contributed by atoms with Crippen LogP contribution >= 0.6 is 36.7 Å². The fourth-order valence-electron chi connectivity index (χ4n) is 2.98. The van der Waals surface area contributed by atoms with Crippen LogP contribution < -0.4 is 0 Å². The maximum absolute atomic E-state index is 4.98. The van der Waals surface area contributed by atoms with Crippen LogP contribution in [0.15, 0.2) is 0 Å². The minimum Gasteiger partial charge on any atom is -0.411 e. The van der Waals surface area contributed by atoms with Crippen molar-refractivity contribution in [2.45, 2.75) is 119 Å². The largest absolute Gasteiger partial charge is 3.00 e. The van der Waals surface area contributed by atoms with Crippen LogP contribution in [0.2, 0.25) is 0 Å². The van der Waals surface area contributed by atoms with Crippen LogP contribution in [-0.4, -0.2) is 66.9 Å². The molecule has 10 heteroatoms. The molecule has 0 fully saturated rings. The second-order valence-electron chi connectivity index (χ2n) is 8.88. The smallest absolute Gasteiger partial charge is 0.411 e. The summed E-state index contributed by atoms with van der Waals surface area (Å²) in [6.07, 6.45) is 14.4. The van der Waals surface area contributed by atoms with Gasteiger partial charge in [0.25, 0.3) is 0 Å². The summed E-state index contributed by atoms with van der Waals surface area (Å²) >= 11 is 29.9. The molecule has 0 N–H and O–H groups in total. The normalized spacial score (nSPS) is 9.57. The van der Waals surface area contributed by atoms with E-state index >= 15 is 0 Å². The fraction of sp³-hybridized carbons (Fsp3) is 0.889. The second kappa shape index (κ2) is 34.9. The zero-order valence-electron chi connectivity index (χ0n) is 24.4. The van der Waals surface area contributed by atoms with Gasteiger partial charge in [-0.05, 0) is 38.5 Å². The molecule has 0 aliphatic heterocycles. The molecule has 0 spiro atoms. The van der Waals surface area contributed by atoms with Crippen molar-refractivity contribution < 1.29 is 17.1 Å². The molecule has 0 aromatic carbocycles. The zero-order chi connectivity index (χ0) is 28.2. The first-order valence-electron chi connectivity index (χ1n) is 14.0. The van der Waals surface area contributed by atoms with Crippen molar-refractivity contribution in [3.8, 4) is 0 Å². The standard InChI is InChI=1S/3C9H19NS2.Fe/c3*1-3-5-7-10(9(11)12)8-6-4-2;/h3*3-8H2,1-2H3,(H,11,12);/q;;;+3/p-3. The summed E-state index contributed by atoms with van der Waals surface area (Å²) in [5.41, 5.74) is 0. The van der Waals surface area contributed by atoms with Crippen LogP contribution in [0.1, 0.15) is 119 Å². The Morgan fingerprint density at radius 3 is 0.622 bits per heavy atom. The Bertz CT molecular complexity index is 431. The van der Waals surface area contributed by atoms with Crippen molar-refractivity contribution in [1.82, 2.24) is 14.7 Å². The third kappa shape index (κ3) is 33.0. The first-order valence-corrected chi connectivity index (χ1v) is 16.5. The van der Waals surface area contributed by atoms with Crippen molar-refractivity contribution >= 4 is 87.5 Å². The predicted octanol–water partition coefficient (Wildman–Crippen LogP) is 8.16. The molecule has 0 heterocycles. The molecule has 0 rings (SSSR count). The van der Waals surface area contributed by atoms with Crippen molar-refractivity contribution in [1.29, 1.82) is 0 Å². The summed E-state index contributed by atoms with van der Waals surface area (Å²) in [7, 11) is 0. The number of hydrogen-bond donors (Lipinski definition) is 0. The van der Waals surface area contributed by atoms with Crippen LogP contribution in [0.5, 0.6) is 0 Å². The molecule has 0 unspecified atom stereocenters. The molecule has 37 heavy (non-hydrogen) atoms. The fourth-order valence-corrected chi connectivity index (χ4v) is 4.07. The van der Waals surface area contributed by atoms with Crippen LogP contribution in [0.4, 0.5) is 0 Å². The molecule has 0 saturated carbocycles. The molecule has 0 aromatic heterocycles. The molecule has 3 nitrogen and oxygen atoms in total. The topological polar surface area (TPSA) is 9.72 Å². The Labute approximate surface area is 275 Å². The molecule has 0 aliphatic carbocycles. The van der Waals surface area contributed by atoms with Gasteiger partial charge in [0.15, 0.2) is 0 Å². The van der Waals surface area contributed by atoms with E-state index in [9.17, 15) is 0 Å². The van der Waals surface area contributed by atoms with Gasteiger partial charge in [-0.15, -0.1) is 0 Å². The summed E-state index contributed by atoms with van der Waals surface area (Å²) < 4.78 is 1.91. The van der Waals surface area contributed by atoms with E-state index in [1.165, 1.54) is 77.0 Å². The Hall–Kier alpha value is 0.849. The third-order valence-corrected chi connectivity index (χ3v) is 7.01. The van der Waals surface area contributed by atoms with Gasteiger partial charge in [0, 0.05) is 39.3 Å². The number of hydrogen-bond acceptors (Lipinski definition) is 6. The van der Waals surface area contributed by atoms with E-state index in [0.29, 0.717) is 13.0 Å². The van der Waals surface area contributed by atoms with Gasteiger partial charge < -0.3 is 89.2 Å². The average Bonchev–Trinajstić information content (AvgIpc) is 2.84. The summed E-state index contributed by atoms with van der Waals surface area (Å²) in [5, 5.41) is 0. The quantitative estimate of drug-likeness (QED) is 0.0806. The van der Waals surface area contributed by atoms with Gasteiger partial charge in [0.05, 0.1) is 0 Å². The van der Waals surface area contributed by atoms with Gasteiger partial charge in [-0.2, -0.15) is 0 Å². The molecule has 0 aliphatic rings. The van der Waals surface area contributed by atoms with Crippen molar-refractivity contribution in [2.75, 3.05) is 39.3 Å². The van der Waals surface area contributed by atoms with E-state index < -0.39 is 0 Å². The van der Waals surface area contributed by atoms with Crippen molar-refractivity contribution in [3.63, 3.8) is 0 Å². The Kier molecular flexibility index (Phi) is 42.3. The Morgan fingerprint density at radius 2 is 0.541 bits per heavy atom. The first-order chi connectivity index (χ1) is 17.2. The SMILES string of the molecule is CCCCN(CCCC)C(=S)[S-].CCCCN(CCCC)C(=S)[S-].CCCCN(CCCC)C(=S)[S-].[Fe+3]. The molecule has 0 bridgehead atoms. The molecule has 1 radical (unpaired) electrons. The predicted molar refractivity (Wildman–Crippen MR) is 184 cm³/mol. The summed E-state index contributed by atoms with van der Waals surface area (Å²) in [5.74, 6) is 0. The van der Waals surface area contributed by atoms with Gasteiger partial charge in [-0.3, -0.25) is 0 Å². The van der Waals surface area contributed by atoms with Crippen LogP contribution in [0, 0.1) is 0 Å². The van der Waals surface area contributed by atoms with Crippen LogP contribution in [-0.2, 0) is 55.0 Å². The molecule has 0 aromatic rings. The van der Waals surface area contributed by atoms with Gasteiger partial charge in [-0.1, -0.05) is 93.0 Å². The van der Waals surface area contributed by atoms with E-state index in [0.717, 1.165) is 39.3 Å².